The van der Waals surface area contributed by atoms with Crippen LogP contribution in [0.5, 0.6) is 0 Å². The molecule has 0 spiro atoms. The van der Waals surface area contributed by atoms with Gasteiger partial charge in [0.05, 0.1) is 11.6 Å². The molecule has 2 amide bonds. The lowest BCUT2D eigenvalue weighted by atomic mass is 10.1. The molecule has 1 saturated heterocycles. The first-order chi connectivity index (χ1) is 13.6. The van der Waals surface area contributed by atoms with E-state index in [9.17, 15) is 9.59 Å². The number of carbonyl (C=O) groups is 2. The second kappa shape index (κ2) is 7.94. The number of likely N-dealkylation sites (tertiary alicyclic amines) is 1. The van der Waals surface area contributed by atoms with Gasteiger partial charge in [-0.2, -0.15) is 0 Å². The molecule has 2 aromatic carbocycles. The van der Waals surface area contributed by atoms with E-state index in [1.165, 1.54) is 16.9 Å². The maximum absolute atomic E-state index is 12.6. The number of thiazole rings is 1. The number of nitrogens with one attached hydrogen (secondary N) is 1. The molecule has 1 aliphatic rings. The Morgan fingerprint density at radius 2 is 1.93 bits per heavy atom. The van der Waals surface area contributed by atoms with Crippen LogP contribution in [-0.4, -0.2) is 28.2 Å². The molecule has 1 atom stereocenters. The van der Waals surface area contributed by atoms with Gasteiger partial charge in [-0.25, -0.2) is 4.98 Å². The number of hydrogen-bond acceptors (Lipinski definition) is 4. The van der Waals surface area contributed by atoms with Gasteiger partial charge >= 0.3 is 0 Å². The minimum Gasteiger partial charge on any atom is -0.338 e. The Morgan fingerprint density at radius 1 is 1.18 bits per heavy atom. The van der Waals surface area contributed by atoms with E-state index in [4.69, 9.17) is 0 Å². The van der Waals surface area contributed by atoms with Gasteiger partial charge in [-0.05, 0) is 12.5 Å². The minimum absolute atomic E-state index is 0.0184. The summed E-state index contributed by atoms with van der Waals surface area (Å²) in [6, 6.07) is 18.0. The van der Waals surface area contributed by atoms with Gasteiger partial charge in [0.2, 0.25) is 11.8 Å². The molecular formula is C22H21N3O2S. The van der Waals surface area contributed by atoms with Crippen molar-refractivity contribution in [3.63, 3.8) is 0 Å². The van der Waals surface area contributed by atoms with Gasteiger partial charge in [0, 0.05) is 30.5 Å². The van der Waals surface area contributed by atoms with Gasteiger partial charge in [0.25, 0.3) is 0 Å². The van der Waals surface area contributed by atoms with Crippen molar-refractivity contribution < 1.29 is 9.59 Å². The van der Waals surface area contributed by atoms with Crippen molar-refractivity contribution >= 4 is 28.3 Å². The van der Waals surface area contributed by atoms with Crippen LogP contribution in [0.1, 0.15) is 17.5 Å². The number of anilines is 1. The number of aryl methyl sites for hydroxylation is 1. The summed E-state index contributed by atoms with van der Waals surface area (Å²) in [6.45, 7) is 3.01. The fourth-order valence-electron chi connectivity index (χ4n) is 3.29. The lowest BCUT2D eigenvalue weighted by Gasteiger charge is -2.16. The van der Waals surface area contributed by atoms with Crippen molar-refractivity contribution in [2.24, 2.45) is 5.92 Å². The van der Waals surface area contributed by atoms with Gasteiger partial charge in [-0.1, -0.05) is 60.2 Å². The molecule has 2 heterocycles. The van der Waals surface area contributed by atoms with Gasteiger partial charge in [0.1, 0.15) is 0 Å². The van der Waals surface area contributed by atoms with Crippen LogP contribution in [0.2, 0.25) is 0 Å². The van der Waals surface area contributed by atoms with Gasteiger partial charge < -0.3 is 10.2 Å². The van der Waals surface area contributed by atoms with Gasteiger partial charge in [-0.3, -0.25) is 9.59 Å². The van der Waals surface area contributed by atoms with Crippen molar-refractivity contribution in [3.8, 4) is 11.3 Å². The smallest absolute Gasteiger partial charge is 0.231 e. The summed E-state index contributed by atoms with van der Waals surface area (Å²) in [5.41, 5.74) is 4.11. The average Bonchev–Trinajstić information content (AvgIpc) is 3.31. The van der Waals surface area contributed by atoms with Crippen LogP contribution in [0.25, 0.3) is 11.3 Å². The van der Waals surface area contributed by atoms with Gasteiger partial charge in [-0.15, -0.1) is 11.3 Å². The Balaban J connectivity index is 1.37. The van der Waals surface area contributed by atoms with Crippen LogP contribution in [0.15, 0.2) is 60.0 Å². The summed E-state index contributed by atoms with van der Waals surface area (Å²) in [7, 11) is 0. The molecule has 5 nitrogen and oxygen atoms in total. The largest absolute Gasteiger partial charge is 0.338 e. The van der Waals surface area contributed by atoms with Gasteiger partial charge in [0.15, 0.2) is 5.13 Å². The summed E-state index contributed by atoms with van der Waals surface area (Å²) in [6.07, 6.45) is 0.245. The van der Waals surface area contributed by atoms with Crippen molar-refractivity contribution in [1.82, 2.24) is 9.88 Å². The zero-order valence-corrected chi connectivity index (χ0v) is 16.4. The molecule has 1 fully saturated rings. The SMILES string of the molecule is Cc1ccc(CN2C[C@H](C(=O)Nc3nc(-c4ccccc4)cs3)CC2=O)cc1. The Labute approximate surface area is 168 Å². The topological polar surface area (TPSA) is 62.3 Å². The lowest BCUT2D eigenvalue weighted by molar-refractivity contribution is -0.128. The van der Waals surface area contributed by atoms with Crippen molar-refractivity contribution in [3.05, 3.63) is 71.1 Å². The first-order valence-electron chi connectivity index (χ1n) is 9.23. The molecule has 0 bridgehead atoms. The minimum atomic E-state index is -0.345. The number of rotatable bonds is 5. The second-order valence-electron chi connectivity index (χ2n) is 7.05. The molecule has 0 radical (unpaired) electrons. The number of benzene rings is 2. The normalized spacial score (nSPS) is 16.4. The highest BCUT2D eigenvalue weighted by atomic mass is 32.1. The molecule has 3 aromatic rings. The Kier molecular flexibility index (Phi) is 5.21. The zero-order chi connectivity index (χ0) is 19.5. The summed E-state index contributed by atoms with van der Waals surface area (Å²) < 4.78 is 0. The summed E-state index contributed by atoms with van der Waals surface area (Å²) >= 11 is 1.40. The first kappa shape index (κ1) is 18.4. The van der Waals surface area contributed by atoms with Crippen molar-refractivity contribution in [2.75, 3.05) is 11.9 Å². The Bertz CT molecular complexity index is 983. The molecule has 4 rings (SSSR count). The maximum Gasteiger partial charge on any atom is 0.231 e. The Morgan fingerprint density at radius 3 is 2.68 bits per heavy atom. The van der Waals surface area contributed by atoms with Crippen LogP contribution in [0.3, 0.4) is 0 Å². The average molecular weight is 391 g/mol. The maximum atomic E-state index is 12.6. The standard InChI is InChI=1S/C22H21N3O2S/c1-15-7-9-16(10-8-15)12-25-13-18(11-20(25)26)21(27)24-22-23-19(14-28-22)17-5-3-2-4-6-17/h2-10,14,18H,11-13H2,1H3,(H,23,24,27)/t18-/m1/s1. The fraction of sp³-hybridized carbons (Fsp3) is 0.227. The highest BCUT2D eigenvalue weighted by molar-refractivity contribution is 7.14. The summed E-state index contributed by atoms with van der Waals surface area (Å²) in [4.78, 5) is 31.2. The number of carbonyl (C=O) groups excluding carboxylic acids is 2. The second-order valence-corrected chi connectivity index (χ2v) is 7.91. The number of nitrogens with zero attached hydrogens (tertiary/aromatic N) is 2. The number of amides is 2. The van der Waals surface area contributed by atoms with E-state index in [0.717, 1.165) is 16.8 Å². The van der Waals surface area contributed by atoms with E-state index in [1.807, 2.05) is 66.9 Å². The van der Waals surface area contributed by atoms with Crippen LogP contribution in [-0.2, 0) is 16.1 Å². The van der Waals surface area contributed by atoms with Crippen molar-refractivity contribution in [2.45, 2.75) is 19.9 Å². The molecule has 0 aliphatic carbocycles. The molecule has 0 unspecified atom stereocenters. The van der Waals surface area contributed by atoms with E-state index in [-0.39, 0.29) is 24.2 Å². The Hall–Kier alpha value is -2.99. The lowest BCUT2D eigenvalue weighted by Crippen LogP contribution is -2.28. The summed E-state index contributed by atoms with van der Waals surface area (Å²) in [5.74, 6) is -0.472. The monoisotopic (exact) mass is 391 g/mol. The van der Waals surface area contributed by atoms with Crippen LogP contribution in [0, 0.1) is 12.8 Å². The van der Waals surface area contributed by atoms with Crippen LogP contribution in [0.4, 0.5) is 5.13 Å². The molecular weight excluding hydrogens is 370 g/mol. The number of hydrogen-bond donors (Lipinski definition) is 1. The highest BCUT2D eigenvalue weighted by Gasteiger charge is 2.34. The quantitative estimate of drug-likeness (QED) is 0.712. The third kappa shape index (κ3) is 4.12. The third-order valence-electron chi connectivity index (χ3n) is 4.88. The van der Waals surface area contributed by atoms with E-state index < -0.39 is 0 Å². The van der Waals surface area contributed by atoms with E-state index in [0.29, 0.717) is 18.2 Å². The third-order valence-corrected chi connectivity index (χ3v) is 5.64. The molecule has 1 aliphatic heterocycles. The molecule has 6 heteroatoms. The van der Waals surface area contributed by atoms with E-state index >= 15 is 0 Å². The molecule has 1 N–H and O–H groups in total. The predicted octanol–water partition coefficient (Wildman–Crippen LogP) is 4.11. The van der Waals surface area contributed by atoms with Crippen molar-refractivity contribution in [1.29, 1.82) is 0 Å². The fourth-order valence-corrected chi connectivity index (χ4v) is 4.02. The van der Waals surface area contributed by atoms with Crippen LogP contribution >= 0.6 is 11.3 Å². The van der Waals surface area contributed by atoms with E-state index in [2.05, 4.69) is 10.3 Å². The van der Waals surface area contributed by atoms with Crippen LogP contribution < -0.4 is 5.32 Å². The number of aromatic nitrogens is 1. The highest BCUT2D eigenvalue weighted by Crippen LogP contribution is 2.26. The molecule has 0 saturated carbocycles. The zero-order valence-electron chi connectivity index (χ0n) is 15.6. The molecule has 1 aromatic heterocycles. The molecule has 142 valence electrons. The summed E-state index contributed by atoms with van der Waals surface area (Å²) in [5, 5.41) is 5.36. The predicted molar refractivity (Wildman–Crippen MR) is 111 cm³/mol. The van der Waals surface area contributed by atoms with E-state index in [1.54, 1.807) is 4.90 Å². The first-order valence-corrected chi connectivity index (χ1v) is 10.1. The molecule has 28 heavy (non-hydrogen) atoms.